The summed E-state index contributed by atoms with van der Waals surface area (Å²) in [5.41, 5.74) is 1.43. The van der Waals surface area contributed by atoms with Crippen LogP contribution in [0.5, 0.6) is 0 Å². The zero-order valence-electron chi connectivity index (χ0n) is 12.0. The van der Waals surface area contributed by atoms with Crippen molar-refractivity contribution < 1.29 is 4.79 Å². The maximum absolute atomic E-state index is 12.4. The number of halogens is 3. The maximum atomic E-state index is 12.4. The minimum absolute atomic E-state index is 0.359. The molecule has 0 fully saturated rings. The average molecular weight is 430 g/mol. The molecule has 3 nitrogen and oxygen atoms in total. The SMILES string of the molecule is CCn1c(=NC(=O)c2cc(Cl)cc(Cl)c2)sc2cc(Br)ccc21. The number of nitrogens with zero attached hydrogens (tertiary/aromatic N) is 2. The summed E-state index contributed by atoms with van der Waals surface area (Å²) in [4.78, 5) is 17.3. The van der Waals surface area contributed by atoms with E-state index in [1.54, 1.807) is 18.2 Å². The number of fused-ring (bicyclic) bond motifs is 1. The van der Waals surface area contributed by atoms with Crippen molar-refractivity contribution in [3.63, 3.8) is 0 Å². The minimum Gasteiger partial charge on any atom is -0.317 e. The number of hydrogen-bond donors (Lipinski definition) is 0. The van der Waals surface area contributed by atoms with Crippen molar-refractivity contribution in [2.24, 2.45) is 4.99 Å². The molecule has 1 heterocycles. The summed E-state index contributed by atoms with van der Waals surface area (Å²) in [6.07, 6.45) is 0. The molecule has 0 spiro atoms. The van der Waals surface area contributed by atoms with Crippen molar-refractivity contribution in [1.82, 2.24) is 4.57 Å². The fraction of sp³-hybridized carbons (Fsp3) is 0.125. The van der Waals surface area contributed by atoms with E-state index in [9.17, 15) is 4.79 Å². The van der Waals surface area contributed by atoms with E-state index in [4.69, 9.17) is 23.2 Å². The summed E-state index contributed by atoms with van der Waals surface area (Å²) in [7, 11) is 0. The third-order valence-electron chi connectivity index (χ3n) is 3.27. The molecule has 0 aliphatic heterocycles. The van der Waals surface area contributed by atoms with E-state index >= 15 is 0 Å². The first-order valence-corrected chi connectivity index (χ1v) is 9.18. The highest BCUT2D eigenvalue weighted by atomic mass is 79.9. The molecule has 3 aromatic rings. The van der Waals surface area contributed by atoms with Crippen LogP contribution in [0.3, 0.4) is 0 Å². The summed E-state index contributed by atoms with van der Waals surface area (Å²) in [6, 6.07) is 10.7. The first-order valence-electron chi connectivity index (χ1n) is 6.82. The lowest BCUT2D eigenvalue weighted by molar-refractivity contribution is 0.0998. The lowest BCUT2D eigenvalue weighted by Gasteiger charge is -2.01. The van der Waals surface area contributed by atoms with Crippen LogP contribution >= 0.6 is 50.5 Å². The second-order valence-corrected chi connectivity index (χ2v) is 7.61. The molecule has 1 amide bonds. The van der Waals surface area contributed by atoms with Crippen molar-refractivity contribution in [3.8, 4) is 0 Å². The molecule has 0 aliphatic carbocycles. The van der Waals surface area contributed by atoms with Gasteiger partial charge in [-0.25, -0.2) is 0 Å². The number of thiazole rings is 1. The summed E-state index contributed by atoms with van der Waals surface area (Å²) in [5.74, 6) is -0.359. The van der Waals surface area contributed by atoms with Gasteiger partial charge in [0.1, 0.15) is 0 Å². The molecule has 2 aromatic carbocycles. The van der Waals surface area contributed by atoms with Crippen LogP contribution in [0.2, 0.25) is 10.0 Å². The van der Waals surface area contributed by atoms with Gasteiger partial charge in [-0.3, -0.25) is 4.79 Å². The van der Waals surface area contributed by atoms with Crippen LogP contribution in [0.4, 0.5) is 0 Å². The monoisotopic (exact) mass is 428 g/mol. The molecule has 0 N–H and O–H groups in total. The number of benzene rings is 2. The number of hydrogen-bond acceptors (Lipinski definition) is 2. The highest BCUT2D eigenvalue weighted by Gasteiger charge is 2.10. The minimum atomic E-state index is -0.359. The predicted octanol–water partition coefficient (Wildman–Crippen LogP) is 5.53. The first kappa shape index (κ1) is 16.7. The highest BCUT2D eigenvalue weighted by Crippen LogP contribution is 2.23. The summed E-state index contributed by atoms with van der Waals surface area (Å²) in [5, 5.41) is 0.833. The number of aromatic nitrogens is 1. The molecule has 0 radical (unpaired) electrons. The Bertz CT molecular complexity index is 958. The molecule has 0 saturated heterocycles. The normalized spacial score (nSPS) is 12.1. The Balaban J connectivity index is 2.14. The van der Waals surface area contributed by atoms with Gasteiger partial charge in [-0.2, -0.15) is 4.99 Å². The van der Waals surface area contributed by atoms with Gasteiger partial charge in [0.25, 0.3) is 5.91 Å². The molecule has 118 valence electrons. The Hall–Kier alpha value is -1.14. The lowest BCUT2D eigenvalue weighted by Crippen LogP contribution is -2.15. The van der Waals surface area contributed by atoms with Crippen LogP contribution in [0.15, 0.2) is 45.9 Å². The van der Waals surface area contributed by atoms with Gasteiger partial charge in [-0.1, -0.05) is 50.5 Å². The van der Waals surface area contributed by atoms with Crippen LogP contribution < -0.4 is 4.80 Å². The summed E-state index contributed by atoms with van der Waals surface area (Å²) >= 11 is 16.8. The summed E-state index contributed by atoms with van der Waals surface area (Å²) < 4.78 is 4.07. The van der Waals surface area contributed by atoms with E-state index in [0.29, 0.717) is 20.4 Å². The zero-order chi connectivity index (χ0) is 16.6. The van der Waals surface area contributed by atoms with Crippen LogP contribution in [0.25, 0.3) is 10.2 Å². The average Bonchev–Trinajstić information content (AvgIpc) is 2.82. The number of carbonyl (C=O) groups is 1. The quantitative estimate of drug-likeness (QED) is 0.527. The molecular formula is C16H11BrCl2N2OS. The van der Waals surface area contributed by atoms with Gasteiger partial charge in [0.05, 0.1) is 10.2 Å². The van der Waals surface area contributed by atoms with Gasteiger partial charge in [-0.05, 0) is 43.3 Å². The Morgan fingerprint density at radius 2 is 1.91 bits per heavy atom. The van der Waals surface area contributed by atoms with Gasteiger partial charge in [-0.15, -0.1) is 0 Å². The predicted molar refractivity (Wildman–Crippen MR) is 99.5 cm³/mol. The van der Waals surface area contributed by atoms with Gasteiger partial charge in [0.2, 0.25) is 0 Å². The van der Waals surface area contributed by atoms with Crippen molar-refractivity contribution in [3.05, 3.63) is 61.3 Å². The third-order valence-corrected chi connectivity index (χ3v) is 5.24. The van der Waals surface area contributed by atoms with E-state index in [-0.39, 0.29) is 5.91 Å². The van der Waals surface area contributed by atoms with Crippen molar-refractivity contribution in [2.45, 2.75) is 13.5 Å². The molecule has 0 atom stereocenters. The van der Waals surface area contributed by atoms with Crippen molar-refractivity contribution in [1.29, 1.82) is 0 Å². The molecule has 3 rings (SSSR count). The molecule has 0 unspecified atom stereocenters. The van der Waals surface area contributed by atoms with Crippen LogP contribution in [0, 0.1) is 0 Å². The number of amides is 1. The first-order chi connectivity index (χ1) is 11.0. The van der Waals surface area contributed by atoms with E-state index < -0.39 is 0 Å². The molecule has 7 heteroatoms. The zero-order valence-corrected chi connectivity index (χ0v) is 15.9. The number of rotatable bonds is 2. The standard InChI is InChI=1S/C16H11BrCl2N2OS/c1-2-21-13-4-3-10(17)7-14(13)23-16(21)20-15(22)9-5-11(18)8-12(19)6-9/h3-8H,2H2,1H3. The Labute approximate surface area is 155 Å². The van der Waals surface area contributed by atoms with E-state index in [1.807, 2.05) is 29.7 Å². The molecule has 1 aromatic heterocycles. The maximum Gasteiger partial charge on any atom is 0.279 e. The largest absolute Gasteiger partial charge is 0.317 e. The number of aryl methyl sites for hydroxylation is 1. The van der Waals surface area contributed by atoms with Crippen molar-refractivity contribution in [2.75, 3.05) is 0 Å². The summed E-state index contributed by atoms with van der Waals surface area (Å²) in [6.45, 7) is 2.75. The van der Waals surface area contributed by atoms with Crippen molar-refractivity contribution >= 4 is 66.6 Å². The van der Waals surface area contributed by atoms with E-state index in [0.717, 1.165) is 21.2 Å². The topological polar surface area (TPSA) is 34.4 Å². The smallest absolute Gasteiger partial charge is 0.279 e. The van der Waals surface area contributed by atoms with Gasteiger partial charge >= 0.3 is 0 Å². The molecule has 0 aliphatic rings. The van der Waals surface area contributed by atoms with Crippen LogP contribution in [0.1, 0.15) is 17.3 Å². The van der Waals surface area contributed by atoms with Crippen LogP contribution in [-0.2, 0) is 6.54 Å². The Morgan fingerprint density at radius 3 is 2.57 bits per heavy atom. The van der Waals surface area contributed by atoms with Gasteiger partial charge in [0.15, 0.2) is 4.80 Å². The van der Waals surface area contributed by atoms with Crippen LogP contribution in [-0.4, -0.2) is 10.5 Å². The molecule has 0 saturated carbocycles. The van der Waals surface area contributed by atoms with E-state index in [2.05, 4.69) is 20.9 Å². The molecule has 0 bridgehead atoms. The molecular weight excluding hydrogens is 419 g/mol. The fourth-order valence-electron chi connectivity index (χ4n) is 2.27. The van der Waals surface area contributed by atoms with E-state index in [1.165, 1.54) is 11.3 Å². The number of carbonyl (C=O) groups excluding carboxylic acids is 1. The Kier molecular flexibility index (Phi) is 4.92. The van der Waals surface area contributed by atoms with Gasteiger partial charge < -0.3 is 4.57 Å². The second-order valence-electron chi connectivity index (χ2n) is 4.82. The fourth-order valence-corrected chi connectivity index (χ4v) is 4.44. The Morgan fingerprint density at radius 1 is 1.22 bits per heavy atom. The lowest BCUT2D eigenvalue weighted by atomic mass is 10.2. The highest BCUT2D eigenvalue weighted by molar-refractivity contribution is 9.10. The molecule has 23 heavy (non-hydrogen) atoms. The third kappa shape index (κ3) is 3.53. The second kappa shape index (κ2) is 6.77. The van der Waals surface area contributed by atoms with Gasteiger partial charge in [0, 0.05) is 26.6 Å².